The first-order valence-corrected chi connectivity index (χ1v) is 9.50. The number of ether oxygens (including phenoxy) is 1. The molecule has 0 atom stereocenters. The van der Waals surface area contributed by atoms with Crippen LogP contribution in [0.4, 0.5) is 0 Å². The smallest absolute Gasteiger partial charge is 0.156 e. The van der Waals surface area contributed by atoms with Crippen molar-refractivity contribution in [3.8, 4) is 17.1 Å². The van der Waals surface area contributed by atoms with Crippen LogP contribution in [-0.4, -0.2) is 47.4 Å². The molecule has 4 aromatic rings. The molecule has 0 bridgehead atoms. The fourth-order valence-corrected chi connectivity index (χ4v) is 3.84. The van der Waals surface area contributed by atoms with Crippen LogP contribution in [0.25, 0.3) is 28.2 Å². The van der Waals surface area contributed by atoms with Crippen LogP contribution in [0.15, 0.2) is 41.8 Å². The van der Waals surface area contributed by atoms with Gasteiger partial charge >= 0.3 is 0 Å². The Bertz CT molecular complexity index is 1100. The van der Waals surface area contributed by atoms with Gasteiger partial charge in [0.1, 0.15) is 29.2 Å². The normalized spacial score (nSPS) is 12.1. The Hall–Kier alpha value is -2.58. The summed E-state index contributed by atoms with van der Waals surface area (Å²) in [5.74, 6) is 0.723. The SMILES string of the molecule is CC(C)(C)Sc1cn2c(-c3cnc4[nH]ccc4n3)cnc2cc1OCCO. The van der Waals surface area contributed by atoms with Gasteiger partial charge in [-0.2, -0.15) is 0 Å². The Balaban J connectivity index is 1.83. The van der Waals surface area contributed by atoms with E-state index < -0.39 is 0 Å². The fourth-order valence-electron chi connectivity index (χ4n) is 2.81. The largest absolute Gasteiger partial charge is 0.490 e. The molecule has 0 aliphatic rings. The molecule has 140 valence electrons. The van der Waals surface area contributed by atoms with Crippen LogP contribution in [0.1, 0.15) is 20.8 Å². The molecule has 0 amide bonds. The van der Waals surface area contributed by atoms with Crippen molar-refractivity contribution in [3.05, 3.63) is 36.9 Å². The Kier molecular flexibility index (Phi) is 4.53. The molecule has 0 radical (unpaired) electrons. The quantitative estimate of drug-likeness (QED) is 0.513. The van der Waals surface area contributed by atoms with Crippen molar-refractivity contribution in [3.63, 3.8) is 0 Å². The zero-order chi connectivity index (χ0) is 19.0. The number of aliphatic hydroxyl groups excluding tert-OH is 1. The Morgan fingerprint density at radius 1 is 1.26 bits per heavy atom. The molecular formula is C19H21N5O2S. The molecule has 0 fully saturated rings. The van der Waals surface area contributed by atoms with Crippen LogP contribution in [-0.2, 0) is 0 Å². The Morgan fingerprint density at radius 2 is 2.11 bits per heavy atom. The summed E-state index contributed by atoms with van der Waals surface area (Å²) in [6, 6.07) is 3.80. The lowest BCUT2D eigenvalue weighted by atomic mass is 10.3. The molecule has 27 heavy (non-hydrogen) atoms. The van der Waals surface area contributed by atoms with E-state index in [1.54, 1.807) is 24.2 Å². The van der Waals surface area contributed by atoms with Crippen LogP contribution < -0.4 is 4.74 Å². The van der Waals surface area contributed by atoms with Gasteiger partial charge in [-0.15, -0.1) is 11.8 Å². The minimum absolute atomic E-state index is 0.00951. The second kappa shape index (κ2) is 6.86. The lowest BCUT2D eigenvalue weighted by Crippen LogP contribution is -2.09. The van der Waals surface area contributed by atoms with Gasteiger partial charge in [-0.05, 0) is 6.07 Å². The molecular weight excluding hydrogens is 362 g/mol. The van der Waals surface area contributed by atoms with Crippen molar-refractivity contribution in [2.75, 3.05) is 13.2 Å². The van der Waals surface area contributed by atoms with Gasteiger partial charge in [0, 0.05) is 23.2 Å². The van der Waals surface area contributed by atoms with E-state index in [9.17, 15) is 0 Å². The highest BCUT2D eigenvalue weighted by Crippen LogP contribution is 2.39. The second-order valence-electron chi connectivity index (χ2n) is 7.13. The predicted octanol–water partition coefficient (Wildman–Crippen LogP) is 3.53. The molecule has 0 aliphatic heterocycles. The summed E-state index contributed by atoms with van der Waals surface area (Å²) in [4.78, 5) is 17.6. The van der Waals surface area contributed by atoms with E-state index in [1.807, 2.05) is 28.9 Å². The average Bonchev–Trinajstić information content (AvgIpc) is 3.23. The maximum Gasteiger partial charge on any atom is 0.156 e. The van der Waals surface area contributed by atoms with Crippen LogP contribution in [0.5, 0.6) is 5.75 Å². The Morgan fingerprint density at radius 3 is 2.89 bits per heavy atom. The highest BCUT2D eigenvalue weighted by Gasteiger charge is 2.19. The van der Waals surface area contributed by atoms with Crippen molar-refractivity contribution < 1.29 is 9.84 Å². The van der Waals surface area contributed by atoms with Gasteiger partial charge in [0.2, 0.25) is 0 Å². The van der Waals surface area contributed by atoms with Crippen LogP contribution >= 0.6 is 11.8 Å². The van der Waals surface area contributed by atoms with Crippen LogP contribution in [0.2, 0.25) is 0 Å². The topological polar surface area (TPSA) is 88.3 Å². The number of thioether (sulfide) groups is 1. The number of nitrogens with one attached hydrogen (secondary N) is 1. The molecule has 4 rings (SSSR count). The molecule has 0 aromatic carbocycles. The monoisotopic (exact) mass is 383 g/mol. The van der Waals surface area contributed by atoms with Crippen molar-refractivity contribution in [1.29, 1.82) is 0 Å². The maximum atomic E-state index is 9.12. The Labute approximate surface area is 160 Å². The zero-order valence-electron chi connectivity index (χ0n) is 15.4. The third kappa shape index (κ3) is 3.63. The molecule has 2 N–H and O–H groups in total. The fraction of sp³-hybridized carbons (Fsp3) is 0.316. The number of rotatable bonds is 5. The van der Waals surface area contributed by atoms with E-state index in [2.05, 4.69) is 40.7 Å². The first kappa shape index (κ1) is 17.8. The second-order valence-corrected chi connectivity index (χ2v) is 9.00. The molecule has 0 saturated carbocycles. The van der Waals surface area contributed by atoms with E-state index in [1.165, 1.54) is 0 Å². The third-order valence-corrected chi connectivity index (χ3v) is 5.00. The summed E-state index contributed by atoms with van der Waals surface area (Å²) in [5.41, 5.74) is 3.95. The van der Waals surface area contributed by atoms with E-state index in [-0.39, 0.29) is 18.0 Å². The minimum Gasteiger partial charge on any atom is -0.490 e. The highest BCUT2D eigenvalue weighted by atomic mass is 32.2. The lowest BCUT2D eigenvalue weighted by molar-refractivity contribution is 0.198. The summed E-state index contributed by atoms with van der Waals surface area (Å²) >= 11 is 1.71. The van der Waals surface area contributed by atoms with E-state index >= 15 is 0 Å². The molecule has 7 nitrogen and oxygen atoms in total. The number of H-pyrrole nitrogens is 1. The number of aromatic nitrogens is 5. The molecule has 0 spiro atoms. The number of aromatic amines is 1. The summed E-state index contributed by atoms with van der Waals surface area (Å²) in [6.07, 6.45) is 7.38. The maximum absolute atomic E-state index is 9.12. The number of fused-ring (bicyclic) bond motifs is 2. The summed E-state index contributed by atoms with van der Waals surface area (Å²) in [5, 5.41) is 9.12. The molecule has 0 saturated heterocycles. The molecule has 4 aromatic heterocycles. The molecule has 0 aliphatic carbocycles. The van der Waals surface area contributed by atoms with Gasteiger partial charge in [-0.25, -0.2) is 15.0 Å². The first-order valence-electron chi connectivity index (χ1n) is 8.69. The van der Waals surface area contributed by atoms with Gasteiger partial charge in [-0.1, -0.05) is 20.8 Å². The summed E-state index contributed by atoms with van der Waals surface area (Å²) < 4.78 is 7.76. The van der Waals surface area contributed by atoms with Gasteiger partial charge in [-0.3, -0.25) is 4.40 Å². The van der Waals surface area contributed by atoms with E-state index in [0.717, 1.165) is 38.8 Å². The number of aliphatic hydroxyl groups is 1. The summed E-state index contributed by atoms with van der Waals surface area (Å²) in [6.45, 7) is 6.67. The number of hydrogen-bond donors (Lipinski definition) is 2. The van der Waals surface area contributed by atoms with Crippen molar-refractivity contribution in [1.82, 2.24) is 24.3 Å². The van der Waals surface area contributed by atoms with Crippen molar-refractivity contribution in [2.24, 2.45) is 0 Å². The number of hydrogen-bond acceptors (Lipinski definition) is 6. The van der Waals surface area contributed by atoms with Crippen LogP contribution in [0.3, 0.4) is 0 Å². The highest BCUT2D eigenvalue weighted by molar-refractivity contribution is 8.00. The van der Waals surface area contributed by atoms with Crippen LogP contribution in [0, 0.1) is 0 Å². The third-order valence-electron chi connectivity index (χ3n) is 3.86. The first-order chi connectivity index (χ1) is 12.9. The van der Waals surface area contributed by atoms with Gasteiger partial charge in [0.15, 0.2) is 5.65 Å². The number of imidazole rings is 1. The van der Waals surface area contributed by atoms with Gasteiger partial charge in [0.05, 0.1) is 29.6 Å². The van der Waals surface area contributed by atoms with E-state index in [0.29, 0.717) is 0 Å². The standard InChI is InChI=1S/C19H21N5O2S/c1-19(2,3)27-16-11-24-14(10-21-17(24)8-15(16)26-7-6-25)13-9-22-18-12(23-13)4-5-20-18/h4-5,8-11,25H,6-7H2,1-3H3,(H,20,22). The lowest BCUT2D eigenvalue weighted by Gasteiger charge is -2.20. The molecule has 4 heterocycles. The van der Waals surface area contributed by atoms with E-state index in [4.69, 9.17) is 9.84 Å². The average molecular weight is 383 g/mol. The van der Waals surface area contributed by atoms with Gasteiger partial charge in [0.25, 0.3) is 0 Å². The minimum atomic E-state index is -0.0310. The van der Waals surface area contributed by atoms with Gasteiger partial charge < -0.3 is 14.8 Å². The molecule has 0 unspecified atom stereocenters. The number of nitrogens with zero attached hydrogens (tertiary/aromatic N) is 4. The summed E-state index contributed by atoms with van der Waals surface area (Å²) in [7, 11) is 0. The predicted molar refractivity (Wildman–Crippen MR) is 106 cm³/mol. The van der Waals surface area contributed by atoms with Crippen molar-refractivity contribution in [2.45, 2.75) is 30.4 Å². The number of pyridine rings is 1. The molecule has 8 heteroatoms. The van der Waals surface area contributed by atoms with Crippen molar-refractivity contribution >= 4 is 28.6 Å². The zero-order valence-corrected chi connectivity index (χ0v) is 16.2.